The third kappa shape index (κ3) is 14.1. The van der Waals surface area contributed by atoms with Gasteiger partial charge in [-0.3, -0.25) is 4.79 Å². The highest BCUT2D eigenvalue weighted by atomic mass is 32.2. The van der Waals surface area contributed by atoms with E-state index in [2.05, 4.69) is 27.7 Å². The van der Waals surface area contributed by atoms with Gasteiger partial charge in [0.15, 0.2) is 0 Å². The zero-order chi connectivity index (χ0) is 13.9. The minimum Gasteiger partial charge on any atom is -0.299 e. The second kappa shape index (κ2) is 10.9. The first kappa shape index (κ1) is 18.0. The lowest BCUT2D eigenvalue weighted by molar-refractivity contribution is -0.116. The normalized spacial score (nSPS) is 11.8. The molecule has 108 valence electrons. The summed E-state index contributed by atoms with van der Waals surface area (Å²) in [7, 11) is 0. The van der Waals surface area contributed by atoms with E-state index in [1.54, 1.807) is 11.8 Å². The zero-order valence-electron chi connectivity index (χ0n) is 12.9. The van der Waals surface area contributed by atoms with Crippen LogP contribution in [0.25, 0.3) is 0 Å². The molecule has 0 rings (SSSR count). The van der Waals surface area contributed by atoms with Gasteiger partial charge < -0.3 is 0 Å². The van der Waals surface area contributed by atoms with Crippen molar-refractivity contribution in [3.8, 4) is 0 Å². The molecular formula is C16H32OS. The van der Waals surface area contributed by atoms with Gasteiger partial charge in [-0.05, 0) is 6.42 Å². The van der Waals surface area contributed by atoms with Crippen LogP contribution in [0.2, 0.25) is 0 Å². The van der Waals surface area contributed by atoms with Crippen molar-refractivity contribution in [2.45, 2.75) is 90.2 Å². The first-order valence-corrected chi connectivity index (χ1v) is 8.60. The Kier molecular flexibility index (Phi) is 10.9. The van der Waals surface area contributed by atoms with Crippen molar-refractivity contribution in [2.24, 2.45) is 0 Å². The minimum absolute atomic E-state index is 0.217. The summed E-state index contributed by atoms with van der Waals surface area (Å²) in [6.07, 6.45) is 11.2. The first-order chi connectivity index (χ1) is 8.45. The van der Waals surface area contributed by atoms with Crippen molar-refractivity contribution >= 4 is 17.5 Å². The third-order valence-electron chi connectivity index (χ3n) is 2.98. The summed E-state index contributed by atoms with van der Waals surface area (Å²) < 4.78 is 0.217. The van der Waals surface area contributed by atoms with Crippen LogP contribution in [-0.4, -0.2) is 16.3 Å². The van der Waals surface area contributed by atoms with Gasteiger partial charge in [-0.1, -0.05) is 72.6 Å². The van der Waals surface area contributed by atoms with Crippen LogP contribution in [0.15, 0.2) is 0 Å². The average Bonchev–Trinajstić information content (AvgIpc) is 2.29. The summed E-state index contributed by atoms with van der Waals surface area (Å²) in [5.74, 6) is 1.13. The Hall–Kier alpha value is 0.0200. The molecule has 0 aromatic carbocycles. The molecule has 0 fully saturated rings. The monoisotopic (exact) mass is 272 g/mol. The molecule has 0 amide bonds. The number of rotatable bonds is 11. The lowest BCUT2D eigenvalue weighted by atomic mass is 10.1. The molecule has 0 N–H and O–H groups in total. The Bertz CT molecular complexity index is 206. The molecule has 0 unspecified atom stereocenters. The highest BCUT2D eigenvalue weighted by Gasteiger charge is 2.12. The van der Waals surface area contributed by atoms with E-state index < -0.39 is 0 Å². The maximum absolute atomic E-state index is 11.6. The highest BCUT2D eigenvalue weighted by molar-refractivity contribution is 8.01. The Morgan fingerprint density at radius 3 is 1.89 bits per heavy atom. The maximum atomic E-state index is 11.6. The Balaban J connectivity index is 3.25. The van der Waals surface area contributed by atoms with Crippen molar-refractivity contribution in [3.63, 3.8) is 0 Å². The summed E-state index contributed by atoms with van der Waals surface area (Å²) in [4.78, 5) is 11.6. The van der Waals surface area contributed by atoms with Crippen LogP contribution in [-0.2, 0) is 4.79 Å². The van der Waals surface area contributed by atoms with Crippen molar-refractivity contribution in [3.05, 3.63) is 0 Å². The Labute approximate surface area is 118 Å². The molecule has 0 radical (unpaired) electrons. The van der Waals surface area contributed by atoms with Crippen LogP contribution in [0.1, 0.15) is 85.5 Å². The molecule has 0 aliphatic rings. The second-order valence-electron chi connectivity index (χ2n) is 6.16. The smallest absolute Gasteiger partial charge is 0.142 e. The van der Waals surface area contributed by atoms with E-state index in [-0.39, 0.29) is 4.75 Å². The van der Waals surface area contributed by atoms with Gasteiger partial charge in [-0.25, -0.2) is 0 Å². The van der Waals surface area contributed by atoms with E-state index in [0.29, 0.717) is 11.5 Å². The van der Waals surface area contributed by atoms with E-state index in [9.17, 15) is 4.79 Å². The first-order valence-electron chi connectivity index (χ1n) is 7.61. The number of hydrogen-bond donors (Lipinski definition) is 0. The van der Waals surface area contributed by atoms with Crippen molar-refractivity contribution in [2.75, 3.05) is 5.75 Å². The lowest BCUT2D eigenvalue weighted by Crippen LogP contribution is -2.12. The summed E-state index contributed by atoms with van der Waals surface area (Å²) in [6.45, 7) is 8.75. The number of thioether (sulfide) groups is 1. The van der Waals surface area contributed by atoms with E-state index in [1.165, 1.54) is 44.9 Å². The van der Waals surface area contributed by atoms with Gasteiger partial charge in [0, 0.05) is 11.2 Å². The molecule has 0 aromatic rings. The third-order valence-corrected chi connectivity index (χ3v) is 4.31. The predicted molar refractivity (Wildman–Crippen MR) is 84.4 cm³/mol. The number of carbonyl (C=O) groups excluding carboxylic acids is 1. The fourth-order valence-corrected chi connectivity index (χ4v) is 2.56. The topological polar surface area (TPSA) is 17.1 Å². The molecule has 0 spiro atoms. The van der Waals surface area contributed by atoms with Crippen molar-refractivity contribution in [1.29, 1.82) is 0 Å². The van der Waals surface area contributed by atoms with E-state index in [4.69, 9.17) is 0 Å². The SMILES string of the molecule is CCCCCCCCCCC(=O)CSC(C)(C)C. The van der Waals surface area contributed by atoms with E-state index >= 15 is 0 Å². The standard InChI is InChI=1S/C16H32OS/c1-5-6-7-8-9-10-11-12-13-15(17)14-18-16(2,3)4/h5-14H2,1-4H3. The van der Waals surface area contributed by atoms with Crippen LogP contribution >= 0.6 is 11.8 Å². The molecule has 2 heteroatoms. The van der Waals surface area contributed by atoms with Gasteiger partial charge >= 0.3 is 0 Å². The van der Waals surface area contributed by atoms with Gasteiger partial charge in [0.05, 0.1) is 5.75 Å². The lowest BCUT2D eigenvalue weighted by Gasteiger charge is -2.16. The van der Waals surface area contributed by atoms with Gasteiger partial charge in [0.2, 0.25) is 0 Å². The Morgan fingerprint density at radius 2 is 1.39 bits per heavy atom. The molecule has 0 aliphatic carbocycles. The summed E-state index contributed by atoms with van der Waals surface area (Å²) in [6, 6.07) is 0. The van der Waals surface area contributed by atoms with E-state index in [0.717, 1.165) is 12.8 Å². The molecule has 18 heavy (non-hydrogen) atoms. The quantitative estimate of drug-likeness (QED) is 0.454. The Morgan fingerprint density at radius 1 is 0.889 bits per heavy atom. The molecule has 0 saturated carbocycles. The molecule has 0 heterocycles. The molecule has 0 aromatic heterocycles. The summed E-state index contributed by atoms with van der Waals surface area (Å²) in [5, 5.41) is 0. The number of carbonyl (C=O) groups is 1. The molecule has 0 saturated heterocycles. The van der Waals surface area contributed by atoms with Gasteiger partial charge in [-0.2, -0.15) is 0 Å². The van der Waals surface area contributed by atoms with Crippen LogP contribution < -0.4 is 0 Å². The number of unbranched alkanes of at least 4 members (excludes halogenated alkanes) is 7. The van der Waals surface area contributed by atoms with Crippen LogP contribution in [0.4, 0.5) is 0 Å². The molecule has 0 bridgehead atoms. The fraction of sp³-hybridized carbons (Fsp3) is 0.938. The van der Waals surface area contributed by atoms with Crippen molar-refractivity contribution in [1.82, 2.24) is 0 Å². The molecular weight excluding hydrogens is 240 g/mol. The number of ketones is 1. The van der Waals surface area contributed by atoms with E-state index in [1.807, 2.05) is 0 Å². The number of Topliss-reactive ketones (excluding diaryl/α,β-unsaturated/α-hetero) is 1. The predicted octanol–water partition coefficient (Wildman–Crippen LogP) is 5.62. The largest absolute Gasteiger partial charge is 0.299 e. The fourth-order valence-electron chi connectivity index (χ4n) is 1.83. The van der Waals surface area contributed by atoms with Gasteiger partial charge in [0.1, 0.15) is 5.78 Å². The zero-order valence-corrected chi connectivity index (χ0v) is 13.7. The maximum Gasteiger partial charge on any atom is 0.142 e. The highest BCUT2D eigenvalue weighted by Crippen LogP contribution is 2.23. The van der Waals surface area contributed by atoms with Crippen LogP contribution in [0.5, 0.6) is 0 Å². The minimum atomic E-state index is 0.217. The summed E-state index contributed by atoms with van der Waals surface area (Å²) >= 11 is 1.77. The van der Waals surface area contributed by atoms with Gasteiger partial charge in [0.25, 0.3) is 0 Å². The molecule has 0 atom stereocenters. The number of hydrogen-bond acceptors (Lipinski definition) is 2. The summed E-state index contributed by atoms with van der Waals surface area (Å²) in [5.41, 5.74) is 0. The average molecular weight is 272 g/mol. The molecule has 0 aliphatic heterocycles. The van der Waals surface area contributed by atoms with Crippen LogP contribution in [0.3, 0.4) is 0 Å². The van der Waals surface area contributed by atoms with Crippen molar-refractivity contribution < 1.29 is 4.79 Å². The van der Waals surface area contributed by atoms with Crippen LogP contribution in [0, 0.1) is 0 Å². The molecule has 1 nitrogen and oxygen atoms in total. The second-order valence-corrected chi connectivity index (χ2v) is 7.97. The van der Waals surface area contributed by atoms with Gasteiger partial charge in [-0.15, -0.1) is 11.8 Å².